The molecule has 0 N–H and O–H groups in total. The maximum atomic E-state index is 12.8. The van der Waals surface area contributed by atoms with E-state index in [1.54, 1.807) is 24.4 Å². The van der Waals surface area contributed by atoms with Crippen molar-refractivity contribution in [3.63, 3.8) is 0 Å². The predicted molar refractivity (Wildman–Crippen MR) is 87.1 cm³/mol. The fourth-order valence-electron chi connectivity index (χ4n) is 2.65. The standard InChI is InChI=1S/C18H18N2O2/c21-17-10-4-5-13-20(17)16(14-15-8-2-1-3-9-15)18(22)19-11-6-7-12-19/h1-5,8-10,13-14H,6-7,11-12H2/b16-14+. The summed E-state index contributed by atoms with van der Waals surface area (Å²) < 4.78 is 1.42. The molecule has 22 heavy (non-hydrogen) atoms. The molecule has 1 fully saturated rings. The minimum absolute atomic E-state index is 0.0883. The molecule has 0 unspecified atom stereocenters. The van der Waals surface area contributed by atoms with Gasteiger partial charge >= 0.3 is 0 Å². The van der Waals surface area contributed by atoms with Gasteiger partial charge in [0.2, 0.25) is 0 Å². The lowest BCUT2D eigenvalue weighted by Gasteiger charge is -2.18. The summed E-state index contributed by atoms with van der Waals surface area (Å²) in [5, 5.41) is 0. The Bertz CT molecular complexity index is 741. The van der Waals surface area contributed by atoms with E-state index in [0.717, 1.165) is 31.5 Å². The molecule has 4 heteroatoms. The fourth-order valence-corrected chi connectivity index (χ4v) is 2.65. The van der Waals surface area contributed by atoms with Gasteiger partial charge in [-0.3, -0.25) is 14.2 Å². The number of pyridine rings is 1. The Labute approximate surface area is 129 Å². The van der Waals surface area contributed by atoms with Gasteiger partial charge in [-0.1, -0.05) is 36.4 Å². The second-order valence-electron chi connectivity index (χ2n) is 5.35. The van der Waals surface area contributed by atoms with Gasteiger partial charge in [-0.15, -0.1) is 0 Å². The van der Waals surface area contributed by atoms with Crippen LogP contribution in [0.1, 0.15) is 18.4 Å². The number of nitrogens with zero attached hydrogens (tertiary/aromatic N) is 2. The summed E-state index contributed by atoms with van der Waals surface area (Å²) in [4.78, 5) is 26.7. The molecule has 1 aliphatic rings. The molecule has 0 bridgehead atoms. The average molecular weight is 294 g/mol. The topological polar surface area (TPSA) is 42.3 Å². The number of hydrogen-bond donors (Lipinski definition) is 0. The summed E-state index contributed by atoms with van der Waals surface area (Å²) >= 11 is 0. The van der Waals surface area contributed by atoms with E-state index in [0.29, 0.717) is 5.70 Å². The number of benzene rings is 1. The van der Waals surface area contributed by atoms with Gasteiger partial charge in [-0.2, -0.15) is 0 Å². The van der Waals surface area contributed by atoms with Crippen LogP contribution in [-0.2, 0) is 4.79 Å². The molecule has 0 saturated carbocycles. The van der Waals surface area contributed by atoms with Crippen LogP contribution < -0.4 is 5.56 Å². The number of likely N-dealkylation sites (tertiary alicyclic amines) is 1. The molecule has 1 amide bonds. The highest BCUT2D eigenvalue weighted by Crippen LogP contribution is 2.17. The molecular formula is C18H18N2O2. The summed E-state index contributed by atoms with van der Waals surface area (Å²) in [6.07, 6.45) is 5.47. The van der Waals surface area contributed by atoms with E-state index in [9.17, 15) is 9.59 Å². The highest BCUT2D eigenvalue weighted by molar-refractivity contribution is 6.18. The Kier molecular flexibility index (Phi) is 4.19. The van der Waals surface area contributed by atoms with Gasteiger partial charge in [0.05, 0.1) is 0 Å². The Morgan fingerprint density at radius 2 is 1.64 bits per heavy atom. The predicted octanol–water partition coefficient (Wildman–Crippen LogP) is 2.47. The Hall–Kier alpha value is -2.62. The molecule has 1 saturated heterocycles. The van der Waals surface area contributed by atoms with Gasteiger partial charge in [-0.25, -0.2) is 0 Å². The van der Waals surface area contributed by atoms with E-state index in [4.69, 9.17) is 0 Å². The third-order valence-electron chi connectivity index (χ3n) is 3.80. The third-order valence-corrected chi connectivity index (χ3v) is 3.80. The van der Waals surface area contributed by atoms with Crippen molar-refractivity contribution in [2.24, 2.45) is 0 Å². The Balaban J connectivity index is 2.06. The largest absolute Gasteiger partial charge is 0.337 e. The molecule has 0 radical (unpaired) electrons. The molecule has 0 atom stereocenters. The summed E-state index contributed by atoms with van der Waals surface area (Å²) in [5.74, 6) is -0.0883. The van der Waals surface area contributed by atoms with Crippen LogP contribution in [-0.4, -0.2) is 28.5 Å². The third kappa shape index (κ3) is 3.01. The minimum atomic E-state index is -0.197. The van der Waals surface area contributed by atoms with Crippen molar-refractivity contribution in [1.29, 1.82) is 0 Å². The van der Waals surface area contributed by atoms with E-state index in [1.807, 2.05) is 35.2 Å². The van der Waals surface area contributed by atoms with E-state index in [2.05, 4.69) is 0 Å². The second-order valence-corrected chi connectivity index (χ2v) is 5.35. The van der Waals surface area contributed by atoms with E-state index in [1.165, 1.54) is 10.6 Å². The first-order valence-electron chi connectivity index (χ1n) is 7.50. The Morgan fingerprint density at radius 3 is 2.32 bits per heavy atom. The van der Waals surface area contributed by atoms with Crippen LogP contribution in [0.25, 0.3) is 11.8 Å². The van der Waals surface area contributed by atoms with Crippen LogP contribution in [0.5, 0.6) is 0 Å². The quantitative estimate of drug-likeness (QED) is 0.816. The first kappa shape index (κ1) is 14.3. The van der Waals surface area contributed by atoms with E-state index < -0.39 is 0 Å². The lowest BCUT2D eigenvalue weighted by atomic mass is 10.2. The van der Waals surface area contributed by atoms with Crippen LogP contribution in [0.4, 0.5) is 0 Å². The van der Waals surface area contributed by atoms with Crippen LogP contribution in [0.2, 0.25) is 0 Å². The number of carbonyl (C=O) groups is 1. The maximum Gasteiger partial charge on any atom is 0.270 e. The molecule has 112 valence electrons. The number of amides is 1. The van der Waals surface area contributed by atoms with Crippen molar-refractivity contribution in [2.45, 2.75) is 12.8 Å². The zero-order valence-electron chi connectivity index (χ0n) is 12.3. The first-order chi connectivity index (χ1) is 10.8. The van der Waals surface area contributed by atoms with Crippen molar-refractivity contribution >= 4 is 17.7 Å². The van der Waals surface area contributed by atoms with Gasteiger partial charge in [0, 0.05) is 25.4 Å². The van der Waals surface area contributed by atoms with Crippen LogP contribution in [0, 0.1) is 0 Å². The number of carbonyl (C=O) groups excluding carboxylic acids is 1. The molecule has 3 rings (SSSR count). The molecule has 2 aromatic rings. The van der Waals surface area contributed by atoms with Crippen molar-refractivity contribution in [3.05, 3.63) is 70.6 Å². The monoisotopic (exact) mass is 294 g/mol. The van der Waals surface area contributed by atoms with E-state index in [-0.39, 0.29) is 11.5 Å². The molecule has 1 aliphatic heterocycles. The summed E-state index contributed by atoms with van der Waals surface area (Å²) in [7, 11) is 0. The zero-order valence-corrected chi connectivity index (χ0v) is 12.3. The molecule has 1 aromatic carbocycles. The van der Waals surface area contributed by atoms with Crippen molar-refractivity contribution in [3.8, 4) is 0 Å². The second kappa shape index (κ2) is 6.43. The lowest BCUT2D eigenvalue weighted by molar-refractivity contribution is -0.124. The number of hydrogen-bond acceptors (Lipinski definition) is 2. The molecule has 4 nitrogen and oxygen atoms in total. The highest BCUT2D eigenvalue weighted by Gasteiger charge is 2.23. The summed E-state index contributed by atoms with van der Waals surface area (Å²) in [6, 6.07) is 14.5. The fraction of sp³-hybridized carbons (Fsp3) is 0.222. The van der Waals surface area contributed by atoms with Gasteiger partial charge in [0.15, 0.2) is 0 Å². The number of rotatable bonds is 3. The maximum absolute atomic E-state index is 12.8. The number of aromatic nitrogens is 1. The molecule has 1 aromatic heterocycles. The molecule has 0 aliphatic carbocycles. The SMILES string of the molecule is O=C(/C(=C\c1ccccc1)n1ccccc1=O)N1CCCC1. The highest BCUT2D eigenvalue weighted by atomic mass is 16.2. The average Bonchev–Trinajstić information content (AvgIpc) is 3.08. The normalized spacial score (nSPS) is 15.1. The van der Waals surface area contributed by atoms with Crippen LogP contribution >= 0.6 is 0 Å². The van der Waals surface area contributed by atoms with Crippen molar-refractivity contribution in [2.75, 3.05) is 13.1 Å². The lowest BCUT2D eigenvalue weighted by Crippen LogP contribution is -2.33. The minimum Gasteiger partial charge on any atom is -0.337 e. The van der Waals surface area contributed by atoms with Crippen molar-refractivity contribution in [1.82, 2.24) is 9.47 Å². The summed E-state index contributed by atoms with van der Waals surface area (Å²) in [5.41, 5.74) is 1.11. The van der Waals surface area contributed by atoms with Gasteiger partial charge in [0.25, 0.3) is 11.5 Å². The molecule has 2 heterocycles. The van der Waals surface area contributed by atoms with E-state index >= 15 is 0 Å². The van der Waals surface area contributed by atoms with Gasteiger partial charge < -0.3 is 4.90 Å². The summed E-state index contributed by atoms with van der Waals surface area (Å²) in [6.45, 7) is 1.51. The van der Waals surface area contributed by atoms with Crippen LogP contribution in [0.3, 0.4) is 0 Å². The Morgan fingerprint density at radius 1 is 0.955 bits per heavy atom. The smallest absolute Gasteiger partial charge is 0.270 e. The van der Waals surface area contributed by atoms with Crippen molar-refractivity contribution < 1.29 is 4.79 Å². The molecular weight excluding hydrogens is 276 g/mol. The van der Waals surface area contributed by atoms with Gasteiger partial charge in [-0.05, 0) is 30.5 Å². The van der Waals surface area contributed by atoms with Gasteiger partial charge in [0.1, 0.15) is 5.70 Å². The van der Waals surface area contributed by atoms with Crippen LogP contribution in [0.15, 0.2) is 59.5 Å². The first-order valence-corrected chi connectivity index (χ1v) is 7.50. The zero-order chi connectivity index (χ0) is 15.4. The molecule has 0 spiro atoms.